The van der Waals surface area contributed by atoms with Crippen LogP contribution in [-0.4, -0.2) is 4.98 Å². The zero-order chi connectivity index (χ0) is 13.9. The summed E-state index contributed by atoms with van der Waals surface area (Å²) in [4.78, 5) is 4.31. The monoisotopic (exact) mass is 268 g/mol. The van der Waals surface area contributed by atoms with E-state index in [4.69, 9.17) is 10.5 Å². The zero-order valence-corrected chi connectivity index (χ0v) is 10.7. The number of nitrogens with zero attached hydrogens (tertiary/aromatic N) is 1. The fourth-order valence-corrected chi connectivity index (χ4v) is 2.01. The quantitative estimate of drug-likeness (QED) is 0.790. The summed E-state index contributed by atoms with van der Waals surface area (Å²) in [5.41, 5.74) is 7.48. The zero-order valence-electron chi connectivity index (χ0n) is 10.7. The number of pyridine rings is 1. The van der Waals surface area contributed by atoms with E-state index in [0.717, 1.165) is 16.5 Å². The lowest BCUT2D eigenvalue weighted by Gasteiger charge is -2.10. The molecule has 0 saturated heterocycles. The highest BCUT2D eigenvalue weighted by Crippen LogP contribution is 2.21. The molecule has 1 aromatic heterocycles. The minimum Gasteiger partial charge on any atom is -0.486 e. The molecule has 0 aliphatic heterocycles. The first-order chi connectivity index (χ1) is 9.74. The standard InChI is InChI=1S/C16H13FN2O/c17-13-6-2-4-8-15(13)20-10-12-9-11-5-1-3-7-14(11)19-16(12)18/h1-9H,10H2,(H2,18,19). The lowest BCUT2D eigenvalue weighted by Crippen LogP contribution is -2.03. The van der Waals surface area contributed by atoms with Gasteiger partial charge in [0.05, 0.1) is 5.52 Å². The number of hydrogen-bond acceptors (Lipinski definition) is 3. The first-order valence-corrected chi connectivity index (χ1v) is 6.25. The average molecular weight is 268 g/mol. The van der Waals surface area contributed by atoms with Crippen molar-refractivity contribution in [1.82, 2.24) is 4.98 Å². The number of para-hydroxylation sites is 2. The molecule has 0 saturated carbocycles. The third kappa shape index (κ3) is 2.40. The van der Waals surface area contributed by atoms with Gasteiger partial charge in [-0.15, -0.1) is 0 Å². The number of fused-ring (bicyclic) bond motifs is 1. The number of halogens is 1. The maximum Gasteiger partial charge on any atom is 0.165 e. The fourth-order valence-electron chi connectivity index (χ4n) is 2.01. The molecule has 2 N–H and O–H groups in total. The van der Waals surface area contributed by atoms with Gasteiger partial charge in [-0.1, -0.05) is 30.3 Å². The smallest absolute Gasteiger partial charge is 0.165 e. The maximum atomic E-state index is 13.5. The van der Waals surface area contributed by atoms with Crippen LogP contribution in [0.1, 0.15) is 5.56 Å². The summed E-state index contributed by atoms with van der Waals surface area (Å²) in [6.07, 6.45) is 0. The van der Waals surface area contributed by atoms with Crippen LogP contribution in [0, 0.1) is 5.82 Å². The minimum atomic E-state index is -0.389. The topological polar surface area (TPSA) is 48.1 Å². The summed E-state index contributed by atoms with van der Waals surface area (Å²) in [5, 5.41) is 0.980. The van der Waals surface area contributed by atoms with Gasteiger partial charge in [-0.05, 0) is 24.3 Å². The van der Waals surface area contributed by atoms with Gasteiger partial charge in [0.15, 0.2) is 11.6 Å². The van der Waals surface area contributed by atoms with Crippen molar-refractivity contribution in [1.29, 1.82) is 0 Å². The molecule has 20 heavy (non-hydrogen) atoms. The van der Waals surface area contributed by atoms with Crippen LogP contribution in [0.5, 0.6) is 5.75 Å². The van der Waals surface area contributed by atoms with Gasteiger partial charge in [-0.2, -0.15) is 0 Å². The number of rotatable bonds is 3. The maximum absolute atomic E-state index is 13.5. The van der Waals surface area contributed by atoms with E-state index in [0.29, 0.717) is 5.82 Å². The largest absolute Gasteiger partial charge is 0.486 e. The van der Waals surface area contributed by atoms with Gasteiger partial charge in [0.25, 0.3) is 0 Å². The molecule has 1 heterocycles. The molecule has 0 spiro atoms. The number of hydrogen-bond donors (Lipinski definition) is 1. The number of anilines is 1. The van der Waals surface area contributed by atoms with Gasteiger partial charge in [0, 0.05) is 10.9 Å². The Labute approximate surface area is 115 Å². The molecule has 3 aromatic rings. The molecule has 0 amide bonds. The van der Waals surface area contributed by atoms with E-state index in [1.807, 2.05) is 30.3 Å². The van der Waals surface area contributed by atoms with Crippen LogP contribution < -0.4 is 10.5 Å². The molecule has 0 radical (unpaired) electrons. The van der Waals surface area contributed by atoms with Crippen LogP contribution in [0.15, 0.2) is 54.6 Å². The highest BCUT2D eigenvalue weighted by Gasteiger charge is 2.07. The Morgan fingerprint density at radius 2 is 1.80 bits per heavy atom. The molecule has 100 valence electrons. The molecule has 0 fully saturated rings. The highest BCUT2D eigenvalue weighted by atomic mass is 19.1. The Balaban J connectivity index is 1.87. The van der Waals surface area contributed by atoms with Crippen molar-refractivity contribution in [2.75, 3.05) is 5.73 Å². The molecule has 4 heteroatoms. The lowest BCUT2D eigenvalue weighted by molar-refractivity contribution is 0.291. The third-order valence-corrected chi connectivity index (χ3v) is 3.06. The van der Waals surface area contributed by atoms with Crippen LogP contribution in [0.2, 0.25) is 0 Å². The number of ether oxygens (including phenoxy) is 1. The van der Waals surface area contributed by atoms with E-state index < -0.39 is 0 Å². The van der Waals surface area contributed by atoms with Gasteiger partial charge in [0.2, 0.25) is 0 Å². The van der Waals surface area contributed by atoms with Crippen LogP contribution in [0.4, 0.5) is 10.2 Å². The Hall–Kier alpha value is -2.62. The number of aromatic nitrogens is 1. The molecule has 3 nitrogen and oxygen atoms in total. The first kappa shape index (κ1) is 12.4. The van der Waals surface area contributed by atoms with Crippen molar-refractivity contribution in [3.63, 3.8) is 0 Å². The Kier molecular flexibility index (Phi) is 3.21. The Morgan fingerprint density at radius 3 is 2.65 bits per heavy atom. The molecular formula is C16H13FN2O. The normalized spacial score (nSPS) is 10.7. The van der Waals surface area contributed by atoms with Crippen molar-refractivity contribution in [3.05, 3.63) is 66.0 Å². The molecule has 3 rings (SSSR count). The summed E-state index contributed by atoms with van der Waals surface area (Å²) in [6.45, 7) is 0.185. The third-order valence-electron chi connectivity index (χ3n) is 3.06. The summed E-state index contributed by atoms with van der Waals surface area (Å²) < 4.78 is 18.9. The minimum absolute atomic E-state index is 0.185. The van der Waals surface area contributed by atoms with E-state index in [-0.39, 0.29) is 18.2 Å². The Morgan fingerprint density at radius 1 is 1.05 bits per heavy atom. The van der Waals surface area contributed by atoms with Crippen molar-refractivity contribution in [3.8, 4) is 5.75 Å². The van der Waals surface area contributed by atoms with E-state index in [9.17, 15) is 4.39 Å². The number of benzene rings is 2. The molecule has 2 aromatic carbocycles. The van der Waals surface area contributed by atoms with Gasteiger partial charge >= 0.3 is 0 Å². The van der Waals surface area contributed by atoms with E-state index >= 15 is 0 Å². The SMILES string of the molecule is Nc1nc2ccccc2cc1COc1ccccc1F. The van der Waals surface area contributed by atoms with Gasteiger partial charge in [-0.25, -0.2) is 9.37 Å². The van der Waals surface area contributed by atoms with Crippen LogP contribution in [-0.2, 0) is 6.61 Å². The average Bonchev–Trinajstić information content (AvgIpc) is 2.46. The number of nitrogens with two attached hydrogens (primary N) is 1. The van der Waals surface area contributed by atoms with Crippen LogP contribution in [0.25, 0.3) is 10.9 Å². The molecule has 0 bridgehead atoms. The summed E-state index contributed by atoms with van der Waals surface area (Å²) in [6, 6.07) is 15.9. The van der Waals surface area contributed by atoms with Crippen molar-refractivity contribution >= 4 is 16.7 Å². The Bertz CT molecular complexity index is 758. The summed E-state index contributed by atoms with van der Waals surface area (Å²) >= 11 is 0. The molecule has 0 atom stereocenters. The predicted molar refractivity (Wildman–Crippen MR) is 76.9 cm³/mol. The van der Waals surface area contributed by atoms with E-state index in [1.54, 1.807) is 18.2 Å². The van der Waals surface area contributed by atoms with Crippen molar-refractivity contribution in [2.24, 2.45) is 0 Å². The fraction of sp³-hybridized carbons (Fsp3) is 0.0625. The number of nitrogen functional groups attached to an aromatic ring is 1. The van der Waals surface area contributed by atoms with Crippen molar-refractivity contribution in [2.45, 2.75) is 6.61 Å². The van der Waals surface area contributed by atoms with E-state index in [2.05, 4.69) is 4.98 Å². The second-order valence-corrected chi connectivity index (χ2v) is 4.44. The molecular weight excluding hydrogens is 255 g/mol. The highest BCUT2D eigenvalue weighted by molar-refractivity contribution is 5.81. The molecule has 0 aliphatic rings. The summed E-state index contributed by atoms with van der Waals surface area (Å²) in [7, 11) is 0. The van der Waals surface area contributed by atoms with Gasteiger partial charge in [0.1, 0.15) is 12.4 Å². The second kappa shape index (κ2) is 5.17. The van der Waals surface area contributed by atoms with E-state index in [1.165, 1.54) is 6.07 Å². The lowest BCUT2D eigenvalue weighted by atomic mass is 10.1. The van der Waals surface area contributed by atoms with Gasteiger partial charge < -0.3 is 10.5 Å². The predicted octanol–water partition coefficient (Wildman–Crippen LogP) is 3.54. The first-order valence-electron chi connectivity index (χ1n) is 6.25. The van der Waals surface area contributed by atoms with Crippen molar-refractivity contribution < 1.29 is 9.13 Å². The van der Waals surface area contributed by atoms with Crippen LogP contribution >= 0.6 is 0 Å². The molecule has 0 unspecified atom stereocenters. The van der Waals surface area contributed by atoms with Crippen LogP contribution in [0.3, 0.4) is 0 Å². The second-order valence-electron chi connectivity index (χ2n) is 4.44. The summed E-state index contributed by atoms with van der Waals surface area (Å²) in [5.74, 6) is 0.222. The molecule has 0 aliphatic carbocycles. The van der Waals surface area contributed by atoms with Gasteiger partial charge in [-0.3, -0.25) is 0 Å².